The van der Waals surface area contributed by atoms with Crippen LogP contribution in [-0.4, -0.2) is 31.3 Å². The van der Waals surface area contributed by atoms with Gasteiger partial charge in [-0.2, -0.15) is 5.10 Å². The number of nitrogens with zero attached hydrogens (tertiary/aromatic N) is 2. The molecule has 0 bridgehead atoms. The SMILES string of the molecule is CS(=O)(=O)Nc1ccccc1C1=NN(C(=O)c2ccco2)[C@@H](c2ccco2)C1. The summed E-state index contributed by atoms with van der Waals surface area (Å²) in [6.07, 6.45) is 4.39. The molecule has 1 amide bonds. The van der Waals surface area contributed by atoms with E-state index in [4.69, 9.17) is 8.83 Å². The van der Waals surface area contributed by atoms with Crippen LogP contribution >= 0.6 is 0 Å². The Morgan fingerprint density at radius 1 is 1.11 bits per heavy atom. The number of hydrogen-bond acceptors (Lipinski definition) is 6. The number of rotatable bonds is 5. The summed E-state index contributed by atoms with van der Waals surface area (Å²) in [5, 5.41) is 5.80. The quantitative estimate of drug-likeness (QED) is 0.709. The number of sulfonamides is 1. The molecule has 9 heteroatoms. The summed E-state index contributed by atoms with van der Waals surface area (Å²) in [5.41, 5.74) is 1.56. The highest BCUT2D eigenvalue weighted by molar-refractivity contribution is 7.92. The molecule has 1 N–H and O–H groups in total. The summed E-state index contributed by atoms with van der Waals surface area (Å²) in [4.78, 5) is 12.9. The Kier molecular flexibility index (Phi) is 4.52. The Morgan fingerprint density at radius 2 is 1.86 bits per heavy atom. The number of carbonyl (C=O) groups is 1. The predicted octanol–water partition coefficient (Wildman–Crippen LogP) is 3.24. The highest BCUT2D eigenvalue weighted by Gasteiger charge is 2.37. The zero-order chi connectivity index (χ0) is 19.7. The lowest BCUT2D eigenvalue weighted by molar-refractivity contribution is 0.0660. The van der Waals surface area contributed by atoms with Gasteiger partial charge in [0.2, 0.25) is 10.0 Å². The van der Waals surface area contributed by atoms with Crippen molar-refractivity contribution in [2.24, 2.45) is 5.10 Å². The second-order valence-corrected chi connectivity index (χ2v) is 8.08. The summed E-state index contributed by atoms with van der Waals surface area (Å²) in [5.74, 6) is 0.325. The molecule has 3 heterocycles. The minimum atomic E-state index is -3.47. The molecule has 2 aromatic heterocycles. The van der Waals surface area contributed by atoms with Gasteiger partial charge in [0.05, 0.1) is 30.2 Å². The number of anilines is 1. The molecular formula is C19H17N3O5S. The van der Waals surface area contributed by atoms with Gasteiger partial charge in [0.25, 0.3) is 0 Å². The van der Waals surface area contributed by atoms with Crippen LogP contribution < -0.4 is 4.72 Å². The van der Waals surface area contributed by atoms with E-state index in [9.17, 15) is 13.2 Å². The van der Waals surface area contributed by atoms with E-state index < -0.39 is 22.0 Å². The molecule has 8 nitrogen and oxygen atoms in total. The third-order valence-electron chi connectivity index (χ3n) is 4.26. The van der Waals surface area contributed by atoms with Crippen LogP contribution in [0.25, 0.3) is 0 Å². The summed E-state index contributed by atoms with van der Waals surface area (Å²) < 4.78 is 36.6. The first-order chi connectivity index (χ1) is 13.4. The molecular weight excluding hydrogens is 382 g/mol. The molecule has 0 aliphatic carbocycles. The molecule has 3 aromatic rings. The maximum Gasteiger partial charge on any atom is 0.310 e. The largest absolute Gasteiger partial charge is 0.467 e. The molecule has 0 saturated carbocycles. The van der Waals surface area contributed by atoms with E-state index >= 15 is 0 Å². The Morgan fingerprint density at radius 3 is 2.54 bits per heavy atom. The van der Waals surface area contributed by atoms with Crippen molar-refractivity contribution in [1.82, 2.24) is 5.01 Å². The maximum atomic E-state index is 12.9. The molecule has 1 aliphatic heterocycles. The lowest BCUT2D eigenvalue weighted by atomic mass is 10.0. The number of amides is 1. The summed E-state index contributed by atoms with van der Waals surface area (Å²) in [7, 11) is -3.47. The van der Waals surface area contributed by atoms with Crippen LogP contribution in [0.5, 0.6) is 0 Å². The highest BCUT2D eigenvalue weighted by Crippen LogP contribution is 2.35. The van der Waals surface area contributed by atoms with Crippen molar-refractivity contribution in [1.29, 1.82) is 0 Å². The number of hydrazone groups is 1. The number of nitrogens with one attached hydrogen (secondary N) is 1. The Hall–Kier alpha value is -3.33. The van der Waals surface area contributed by atoms with Gasteiger partial charge in [-0.15, -0.1) is 0 Å². The smallest absolute Gasteiger partial charge is 0.310 e. The van der Waals surface area contributed by atoms with E-state index in [1.54, 1.807) is 48.5 Å². The van der Waals surface area contributed by atoms with Gasteiger partial charge < -0.3 is 8.83 Å². The molecule has 0 spiro atoms. The average molecular weight is 399 g/mol. The standard InChI is InChI=1S/C19H17N3O5S/c1-28(24,25)21-14-7-3-2-6-13(14)15-12-16(17-8-4-10-26-17)22(20-15)19(23)18-9-5-11-27-18/h2-11,16,21H,12H2,1H3/t16-/m1/s1. The van der Waals surface area contributed by atoms with Gasteiger partial charge >= 0.3 is 5.91 Å². The molecule has 1 atom stereocenters. The van der Waals surface area contributed by atoms with Crippen molar-refractivity contribution < 1.29 is 22.0 Å². The van der Waals surface area contributed by atoms with Gasteiger partial charge in [0.1, 0.15) is 11.8 Å². The second kappa shape index (κ2) is 7.01. The van der Waals surface area contributed by atoms with E-state index in [1.165, 1.54) is 17.5 Å². The zero-order valence-corrected chi connectivity index (χ0v) is 15.7. The van der Waals surface area contributed by atoms with Crippen LogP contribution in [0.2, 0.25) is 0 Å². The van der Waals surface area contributed by atoms with Crippen LogP contribution in [0.1, 0.15) is 34.3 Å². The molecule has 4 rings (SSSR count). The highest BCUT2D eigenvalue weighted by atomic mass is 32.2. The minimum Gasteiger partial charge on any atom is -0.467 e. The maximum absolute atomic E-state index is 12.9. The predicted molar refractivity (Wildman–Crippen MR) is 102 cm³/mol. The van der Waals surface area contributed by atoms with E-state index in [0.717, 1.165) is 6.26 Å². The molecule has 1 aromatic carbocycles. The van der Waals surface area contributed by atoms with Gasteiger partial charge in [-0.3, -0.25) is 9.52 Å². The van der Waals surface area contributed by atoms with Crippen LogP contribution in [-0.2, 0) is 10.0 Å². The number of para-hydroxylation sites is 1. The van der Waals surface area contributed by atoms with E-state index in [2.05, 4.69) is 9.82 Å². The van der Waals surface area contributed by atoms with E-state index in [-0.39, 0.29) is 5.76 Å². The van der Waals surface area contributed by atoms with E-state index in [0.29, 0.717) is 29.1 Å². The van der Waals surface area contributed by atoms with Gasteiger partial charge in [-0.25, -0.2) is 13.4 Å². The molecule has 0 radical (unpaired) electrons. The topological polar surface area (TPSA) is 105 Å². The molecule has 144 valence electrons. The summed E-state index contributed by atoms with van der Waals surface area (Å²) >= 11 is 0. The third kappa shape index (κ3) is 3.56. The first-order valence-corrected chi connectivity index (χ1v) is 10.4. The van der Waals surface area contributed by atoms with E-state index in [1.807, 2.05) is 0 Å². The number of hydrogen-bond donors (Lipinski definition) is 1. The zero-order valence-electron chi connectivity index (χ0n) is 14.9. The molecule has 28 heavy (non-hydrogen) atoms. The lowest BCUT2D eigenvalue weighted by Gasteiger charge is -2.18. The average Bonchev–Trinajstić information content (AvgIpc) is 3.40. The van der Waals surface area contributed by atoms with Crippen molar-refractivity contribution in [2.45, 2.75) is 12.5 Å². The first-order valence-electron chi connectivity index (χ1n) is 8.47. The summed E-state index contributed by atoms with van der Waals surface area (Å²) in [6.45, 7) is 0. The van der Waals surface area contributed by atoms with Crippen molar-refractivity contribution in [3.05, 3.63) is 78.1 Å². The molecule has 0 fully saturated rings. The fourth-order valence-electron chi connectivity index (χ4n) is 3.10. The Labute approximate surface area is 161 Å². The van der Waals surface area contributed by atoms with Crippen molar-refractivity contribution in [3.8, 4) is 0 Å². The normalized spacial score (nSPS) is 16.8. The molecule has 0 saturated heterocycles. The van der Waals surface area contributed by atoms with Gasteiger partial charge in [0.15, 0.2) is 5.76 Å². The van der Waals surface area contributed by atoms with Crippen LogP contribution in [0.15, 0.2) is 75.0 Å². The van der Waals surface area contributed by atoms with Crippen molar-refractivity contribution in [3.63, 3.8) is 0 Å². The summed E-state index contributed by atoms with van der Waals surface area (Å²) in [6, 6.07) is 13.1. The Bertz CT molecular complexity index is 1120. The first kappa shape index (κ1) is 18.1. The van der Waals surface area contributed by atoms with Gasteiger partial charge in [0, 0.05) is 12.0 Å². The second-order valence-electron chi connectivity index (χ2n) is 6.33. The number of furan rings is 2. The lowest BCUT2D eigenvalue weighted by Crippen LogP contribution is -2.26. The number of carbonyl (C=O) groups excluding carboxylic acids is 1. The number of benzene rings is 1. The van der Waals surface area contributed by atoms with Gasteiger partial charge in [-0.05, 0) is 30.3 Å². The molecule has 1 aliphatic rings. The van der Waals surface area contributed by atoms with Gasteiger partial charge in [-0.1, -0.05) is 18.2 Å². The van der Waals surface area contributed by atoms with Crippen LogP contribution in [0.4, 0.5) is 5.69 Å². The Balaban J connectivity index is 1.75. The van der Waals surface area contributed by atoms with Crippen LogP contribution in [0.3, 0.4) is 0 Å². The van der Waals surface area contributed by atoms with Crippen molar-refractivity contribution >= 4 is 27.3 Å². The van der Waals surface area contributed by atoms with Crippen molar-refractivity contribution in [2.75, 3.05) is 11.0 Å². The third-order valence-corrected chi connectivity index (χ3v) is 4.85. The monoisotopic (exact) mass is 399 g/mol. The fourth-order valence-corrected chi connectivity index (χ4v) is 3.68. The van der Waals surface area contributed by atoms with Crippen LogP contribution in [0, 0.1) is 0 Å². The minimum absolute atomic E-state index is 0.157. The molecule has 0 unspecified atom stereocenters. The fraction of sp³-hybridized carbons (Fsp3) is 0.158.